The molecule has 4 nitrogen and oxygen atoms in total. The second-order valence-electron chi connectivity index (χ2n) is 6.88. The molecule has 1 aromatic heterocycles. The van der Waals surface area contributed by atoms with Gasteiger partial charge in [-0.25, -0.2) is 9.97 Å². The lowest BCUT2D eigenvalue weighted by atomic mass is 10.1. The smallest absolute Gasteiger partial charge is 0.249 e. The van der Waals surface area contributed by atoms with E-state index in [1.54, 1.807) is 0 Å². The summed E-state index contributed by atoms with van der Waals surface area (Å²) in [4.78, 5) is 11.8. The Balaban J connectivity index is 1.59. The van der Waals surface area contributed by atoms with Crippen molar-refractivity contribution in [2.45, 2.75) is 19.8 Å². The number of para-hydroxylation sites is 2. The zero-order chi connectivity index (χ0) is 18.5. The van der Waals surface area contributed by atoms with Gasteiger partial charge in [0.15, 0.2) is 5.69 Å². The molecule has 1 aliphatic heterocycles. The van der Waals surface area contributed by atoms with E-state index in [1.165, 1.54) is 18.4 Å². The molecule has 27 heavy (non-hydrogen) atoms. The molecule has 4 heteroatoms. The lowest BCUT2D eigenvalue weighted by Gasteiger charge is -2.15. The van der Waals surface area contributed by atoms with Gasteiger partial charge in [-0.15, -0.1) is 0 Å². The number of aromatic nitrogens is 2. The number of ether oxygens (including phenoxy) is 1. The zero-order valence-electron chi connectivity index (χ0n) is 15.6. The highest BCUT2D eigenvalue weighted by Gasteiger charge is 2.13. The lowest BCUT2D eigenvalue weighted by molar-refractivity contribution is 0.231. The Morgan fingerprint density at radius 2 is 1.63 bits per heavy atom. The third kappa shape index (κ3) is 4.45. The number of nitrogens with zero attached hydrogens (tertiary/aromatic N) is 3. The van der Waals surface area contributed by atoms with Gasteiger partial charge in [0, 0.05) is 12.1 Å². The first-order chi connectivity index (χ1) is 13.3. The van der Waals surface area contributed by atoms with Crippen molar-refractivity contribution < 1.29 is 4.74 Å². The van der Waals surface area contributed by atoms with Crippen LogP contribution in [0.4, 0.5) is 0 Å². The first-order valence-corrected chi connectivity index (χ1v) is 9.48. The molecule has 2 aromatic carbocycles. The summed E-state index contributed by atoms with van der Waals surface area (Å²) in [5.74, 6) is 6.86. The van der Waals surface area contributed by atoms with Crippen LogP contribution in [0.25, 0.3) is 11.0 Å². The molecule has 3 aromatic rings. The second kappa shape index (κ2) is 8.20. The summed E-state index contributed by atoms with van der Waals surface area (Å²) in [6.07, 6.45) is 2.56. The summed E-state index contributed by atoms with van der Waals surface area (Å²) in [7, 11) is 0. The van der Waals surface area contributed by atoms with Crippen LogP contribution >= 0.6 is 0 Å². The van der Waals surface area contributed by atoms with E-state index in [9.17, 15) is 0 Å². The minimum absolute atomic E-state index is 0.521. The molecule has 1 aliphatic rings. The Labute approximate surface area is 160 Å². The van der Waals surface area contributed by atoms with Gasteiger partial charge < -0.3 is 4.74 Å². The molecule has 0 unspecified atom stereocenters. The van der Waals surface area contributed by atoms with Crippen LogP contribution in [0.2, 0.25) is 0 Å². The molecule has 1 fully saturated rings. The van der Waals surface area contributed by atoms with Crippen molar-refractivity contribution in [2.75, 3.05) is 26.2 Å². The minimum atomic E-state index is 0.521. The summed E-state index contributed by atoms with van der Waals surface area (Å²) < 4.78 is 6.00. The van der Waals surface area contributed by atoms with E-state index < -0.39 is 0 Å². The number of likely N-dealkylation sites (tertiary alicyclic amines) is 1. The average molecular weight is 357 g/mol. The molecule has 0 bridgehead atoms. The van der Waals surface area contributed by atoms with Crippen LogP contribution in [0.1, 0.15) is 29.7 Å². The number of fused-ring (bicyclic) bond motifs is 1. The maximum atomic E-state index is 6.00. The van der Waals surface area contributed by atoms with E-state index in [1.807, 2.05) is 36.4 Å². The third-order valence-corrected chi connectivity index (χ3v) is 4.76. The summed E-state index contributed by atoms with van der Waals surface area (Å²) in [5.41, 5.74) is 4.43. The van der Waals surface area contributed by atoms with Crippen molar-refractivity contribution in [2.24, 2.45) is 0 Å². The Morgan fingerprint density at radius 3 is 2.37 bits per heavy atom. The van der Waals surface area contributed by atoms with Gasteiger partial charge in [-0.2, -0.15) is 0 Å². The van der Waals surface area contributed by atoms with Crippen LogP contribution in [-0.4, -0.2) is 41.1 Å². The van der Waals surface area contributed by atoms with Crippen molar-refractivity contribution in [1.29, 1.82) is 0 Å². The van der Waals surface area contributed by atoms with Crippen molar-refractivity contribution in [3.05, 3.63) is 65.4 Å². The standard InChI is InChI=1S/C23H23N3O/c1-18-8-10-19(11-9-18)12-13-22-23(27-17-16-26-14-4-5-15-26)25-21-7-3-2-6-20(21)24-22/h2-3,6-11H,4-5,14-17H2,1H3. The van der Waals surface area contributed by atoms with E-state index in [4.69, 9.17) is 4.74 Å². The summed E-state index contributed by atoms with van der Waals surface area (Å²) in [5, 5.41) is 0. The predicted octanol–water partition coefficient (Wildman–Crippen LogP) is 3.81. The molecule has 0 saturated carbocycles. The van der Waals surface area contributed by atoms with Crippen LogP contribution in [-0.2, 0) is 0 Å². The normalized spacial score (nSPS) is 14.1. The molecule has 136 valence electrons. The van der Waals surface area contributed by atoms with Crippen molar-refractivity contribution in [1.82, 2.24) is 14.9 Å². The SMILES string of the molecule is Cc1ccc(C#Cc2nc3ccccc3nc2OCCN2CCCC2)cc1. The second-order valence-corrected chi connectivity index (χ2v) is 6.88. The van der Waals surface area contributed by atoms with E-state index in [-0.39, 0.29) is 0 Å². The monoisotopic (exact) mass is 357 g/mol. The fourth-order valence-corrected chi connectivity index (χ4v) is 3.21. The molecule has 0 aliphatic carbocycles. The van der Waals surface area contributed by atoms with Crippen LogP contribution in [0.3, 0.4) is 0 Å². The Hall–Kier alpha value is -2.90. The maximum absolute atomic E-state index is 6.00. The fraction of sp³-hybridized carbons (Fsp3) is 0.304. The fourth-order valence-electron chi connectivity index (χ4n) is 3.21. The molecule has 0 spiro atoms. The molecule has 0 atom stereocenters. The van der Waals surface area contributed by atoms with Gasteiger partial charge in [0.25, 0.3) is 0 Å². The topological polar surface area (TPSA) is 38.3 Å². The number of hydrogen-bond donors (Lipinski definition) is 0. The maximum Gasteiger partial charge on any atom is 0.249 e. The molecular formula is C23H23N3O. The Bertz CT molecular complexity index is 980. The highest BCUT2D eigenvalue weighted by molar-refractivity contribution is 5.75. The molecule has 0 radical (unpaired) electrons. The van der Waals surface area contributed by atoms with Crippen LogP contribution in [0, 0.1) is 18.8 Å². The van der Waals surface area contributed by atoms with Gasteiger partial charge in [0.1, 0.15) is 6.61 Å². The lowest BCUT2D eigenvalue weighted by Crippen LogP contribution is -2.25. The predicted molar refractivity (Wildman–Crippen MR) is 108 cm³/mol. The van der Waals surface area contributed by atoms with Gasteiger partial charge >= 0.3 is 0 Å². The van der Waals surface area contributed by atoms with E-state index in [2.05, 4.69) is 45.8 Å². The molecule has 4 rings (SSSR count). The van der Waals surface area contributed by atoms with Crippen LogP contribution < -0.4 is 4.74 Å². The van der Waals surface area contributed by atoms with Crippen molar-refractivity contribution >= 4 is 11.0 Å². The van der Waals surface area contributed by atoms with Gasteiger partial charge in [-0.3, -0.25) is 4.90 Å². The quantitative estimate of drug-likeness (QED) is 0.666. The van der Waals surface area contributed by atoms with E-state index in [0.29, 0.717) is 18.2 Å². The minimum Gasteiger partial charge on any atom is -0.474 e. The number of benzene rings is 2. The van der Waals surface area contributed by atoms with Gasteiger partial charge in [-0.05, 0) is 63.0 Å². The summed E-state index contributed by atoms with van der Waals surface area (Å²) in [6.45, 7) is 5.91. The van der Waals surface area contributed by atoms with Crippen molar-refractivity contribution in [3.8, 4) is 17.7 Å². The zero-order valence-corrected chi connectivity index (χ0v) is 15.6. The first-order valence-electron chi connectivity index (χ1n) is 9.48. The van der Waals surface area contributed by atoms with Gasteiger partial charge in [0.2, 0.25) is 5.88 Å². The van der Waals surface area contributed by atoms with Gasteiger partial charge in [0.05, 0.1) is 11.0 Å². The molecule has 2 heterocycles. The highest BCUT2D eigenvalue weighted by Crippen LogP contribution is 2.18. The third-order valence-electron chi connectivity index (χ3n) is 4.76. The van der Waals surface area contributed by atoms with Crippen LogP contribution in [0.5, 0.6) is 5.88 Å². The molecule has 0 N–H and O–H groups in total. The molecule has 1 saturated heterocycles. The van der Waals surface area contributed by atoms with E-state index in [0.717, 1.165) is 36.2 Å². The first kappa shape index (κ1) is 17.5. The van der Waals surface area contributed by atoms with Gasteiger partial charge in [-0.1, -0.05) is 35.7 Å². The average Bonchev–Trinajstić information content (AvgIpc) is 3.21. The van der Waals surface area contributed by atoms with Crippen LogP contribution in [0.15, 0.2) is 48.5 Å². The Morgan fingerprint density at radius 1 is 0.926 bits per heavy atom. The number of aryl methyl sites for hydroxylation is 1. The highest BCUT2D eigenvalue weighted by atomic mass is 16.5. The summed E-state index contributed by atoms with van der Waals surface area (Å²) >= 11 is 0. The number of rotatable bonds is 4. The van der Waals surface area contributed by atoms with Crippen molar-refractivity contribution in [3.63, 3.8) is 0 Å². The number of hydrogen-bond acceptors (Lipinski definition) is 4. The summed E-state index contributed by atoms with van der Waals surface area (Å²) in [6, 6.07) is 16.0. The Kier molecular flexibility index (Phi) is 5.32. The molecule has 0 amide bonds. The molecular weight excluding hydrogens is 334 g/mol. The largest absolute Gasteiger partial charge is 0.474 e. The van der Waals surface area contributed by atoms with E-state index >= 15 is 0 Å².